The maximum Gasteiger partial charge on any atom is 0.569 e. The fraction of sp³-hybridized carbons (Fsp3) is 0.0345. The van der Waals surface area contributed by atoms with Gasteiger partial charge < -0.3 is 18.8 Å². The molecule has 7 nitrogen and oxygen atoms in total. The standard InChI is InChI=1S/C29H19BN3O4/c1-35-27-23(37-30-34)16-15-20-25-28(36-26(20)27)24(17-9-3-2-4-10-17)31-29(32-25)33-21-13-7-5-11-18(21)19-12-6-8-14-22(19)33/h2-16,34H,1H3. The van der Waals surface area contributed by atoms with Crippen LogP contribution in [0.15, 0.2) is 95.4 Å². The van der Waals surface area contributed by atoms with Crippen molar-refractivity contribution in [3.8, 4) is 28.7 Å². The molecule has 0 saturated heterocycles. The molecule has 0 saturated carbocycles. The number of fused-ring (bicyclic) bond motifs is 6. The SMILES string of the molecule is COc1c(O[B]O)ccc2c1oc1c(-c3ccccc3)nc(-n3c4ccccc4c4ccccc43)nc12. The number of ether oxygens (including phenoxy) is 1. The van der Waals surface area contributed by atoms with Gasteiger partial charge in [-0.25, -0.2) is 9.97 Å². The zero-order valence-corrected chi connectivity index (χ0v) is 19.8. The summed E-state index contributed by atoms with van der Waals surface area (Å²) in [6.07, 6.45) is 0. The van der Waals surface area contributed by atoms with Gasteiger partial charge in [0.05, 0.1) is 23.5 Å². The minimum Gasteiger partial charge on any atom is -0.535 e. The summed E-state index contributed by atoms with van der Waals surface area (Å²) in [6, 6.07) is 30.0. The highest BCUT2D eigenvalue weighted by molar-refractivity contribution is 6.18. The molecule has 8 heteroatoms. The van der Waals surface area contributed by atoms with Crippen molar-refractivity contribution < 1.29 is 18.8 Å². The molecule has 7 aromatic rings. The van der Waals surface area contributed by atoms with Gasteiger partial charge in [-0.3, -0.25) is 4.57 Å². The van der Waals surface area contributed by atoms with Crippen LogP contribution >= 0.6 is 0 Å². The molecule has 0 aliphatic heterocycles. The highest BCUT2D eigenvalue weighted by Crippen LogP contribution is 2.43. The minimum absolute atomic E-state index is 0.327. The third-order valence-corrected chi connectivity index (χ3v) is 6.60. The lowest BCUT2D eigenvalue weighted by atomic mass is 10.1. The second-order valence-electron chi connectivity index (χ2n) is 8.58. The van der Waals surface area contributed by atoms with Crippen LogP contribution in [-0.4, -0.2) is 34.4 Å². The van der Waals surface area contributed by atoms with Crippen LogP contribution < -0.4 is 9.39 Å². The van der Waals surface area contributed by atoms with Gasteiger partial charge in [0.2, 0.25) is 11.7 Å². The van der Waals surface area contributed by atoms with Crippen LogP contribution in [0.4, 0.5) is 0 Å². The summed E-state index contributed by atoms with van der Waals surface area (Å²) in [7, 11) is 2.14. The van der Waals surface area contributed by atoms with E-state index in [1.807, 2.05) is 60.7 Å². The molecule has 0 aliphatic rings. The number of nitrogens with zero attached hydrogens (tertiary/aromatic N) is 3. The summed E-state index contributed by atoms with van der Waals surface area (Å²) in [4.78, 5) is 10.1. The van der Waals surface area contributed by atoms with E-state index in [0.717, 1.165) is 32.8 Å². The molecule has 37 heavy (non-hydrogen) atoms. The van der Waals surface area contributed by atoms with Gasteiger partial charge >= 0.3 is 7.69 Å². The summed E-state index contributed by atoms with van der Waals surface area (Å²) in [5, 5.41) is 12.2. The summed E-state index contributed by atoms with van der Waals surface area (Å²) in [5.41, 5.74) is 5.24. The van der Waals surface area contributed by atoms with E-state index >= 15 is 0 Å². The number of aromatic nitrogens is 3. The minimum atomic E-state index is 0.327. The Hall–Kier alpha value is -4.82. The third kappa shape index (κ3) is 3.19. The molecule has 0 fully saturated rings. The van der Waals surface area contributed by atoms with E-state index in [0.29, 0.717) is 47.5 Å². The van der Waals surface area contributed by atoms with E-state index in [-0.39, 0.29) is 0 Å². The average Bonchev–Trinajstić information content (AvgIpc) is 3.49. The van der Waals surface area contributed by atoms with E-state index < -0.39 is 0 Å². The maximum absolute atomic E-state index is 9.20. The van der Waals surface area contributed by atoms with Crippen LogP contribution in [0, 0.1) is 0 Å². The van der Waals surface area contributed by atoms with Crippen LogP contribution in [0.2, 0.25) is 0 Å². The van der Waals surface area contributed by atoms with Gasteiger partial charge in [0.25, 0.3) is 0 Å². The normalized spacial score (nSPS) is 11.5. The van der Waals surface area contributed by atoms with Gasteiger partial charge in [-0.15, -0.1) is 0 Å². The number of methoxy groups -OCH3 is 1. The number of hydrogen-bond donors (Lipinski definition) is 1. The Balaban J connectivity index is 1.62. The summed E-state index contributed by atoms with van der Waals surface area (Å²) in [6.45, 7) is 0. The lowest BCUT2D eigenvalue weighted by Gasteiger charge is -2.09. The summed E-state index contributed by atoms with van der Waals surface area (Å²) >= 11 is 0. The van der Waals surface area contributed by atoms with Gasteiger partial charge in [0.1, 0.15) is 17.0 Å². The maximum atomic E-state index is 9.20. The molecule has 0 bridgehead atoms. The predicted molar refractivity (Wildman–Crippen MR) is 144 cm³/mol. The summed E-state index contributed by atoms with van der Waals surface area (Å²) < 4.78 is 19.3. The Bertz CT molecular complexity index is 1890. The molecule has 1 radical (unpaired) electrons. The summed E-state index contributed by atoms with van der Waals surface area (Å²) in [5.74, 6) is 1.22. The fourth-order valence-electron chi connectivity index (χ4n) is 5.02. The first kappa shape index (κ1) is 21.5. The molecule has 3 aromatic heterocycles. The van der Waals surface area contributed by atoms with E-state index in [4.69, 9.17) is 23.8 Å². The van der Waals surface area contributed by atoms with Gasteiger partial charge in [0, 0.05) is 16.3 Å². The predicted octanol–water partition coefficient (Wildman–Crippen LogP) is 6.05. The van der Waals surface area contributed by atoms with Crippen LogP contribution in [0.5, 0.6) is 11.5 Å². The molecule has 4 aromatic carbocycles. The Morgan fingerprint density at radius 3 is 2.11 bits per heavy atom. The number of hydrogen-bond acceptors (Lipinski definition) is 6. The van der Waals surface area contributed by atoms with Crippen molar-refractivity contribution in [1.29, 1.82) is 0 Å². The highest BCUT2D eigenvalue weighted by Gasteiger charge is 2.23. The van der Waals surface area contributed by atoms with Crippen molar-refractivity contribution in [3.05, 3.63) is 91.0 Å². The van der Waals surface area contributed by atoms with E-state index in [9.17, 15) is 5.02 Å². The molecular weight excluding hydrogens is 465 g/mol. The molecule has 3 heterocycles. The van der Waals surface area contributed by atoms with Gasteiger partial charge in [-0.05, 0) is 24.3 Å². The first-order valence-electron chi connectivity index (χ1n) is 11.8. The quantitative estimate of drug-likeness (QED) is 0.300. The van der Waals surface area contributed by atoms with Crippen molar-refractivity contribution in [1.82, 2.24) is 14.5 Å². The Morgan fingerprint density at radius 2 is 1.43 bits per heavy atom. The van der Waals surface area contributed by atoms with E-state index in [2.05, 4.69) is 28.8 Å². The fourth-order valence-corrected chi connectivity index (χ4v) is 5.02. The van der Waals surface area contributed by atoms with E-state index in [1.165, 1.54) is 7.11 Å². The zero-order chi connectivity index (χ0) is 24.9. The topological polar surface area (TPSA) is 82.5 Å². The molecule has 0 atom stereocenters. The van der Waals surface area contributed by atoms with Gasteiger partial charge in [-0.1, -0.05) is 66.7 Å². The Labute approximate surface area is 211 Å². The number of furan rings is 1. The van der Waals surface area contributed by atoms with Crippen LogP contribution in [0.1, 0.15) is 0 Å². The highest BCUT2D eigenvalue weighted by atomic mass is 16.5. The first-order valence-corrected chi connectivity index (χ1v) is 11.8. The average molecular weight is 484 g/mol. The van der Waals surface area contributed by atoms with Crippen LogP contribution in [0.3, 0.4) is 0 Å². The number of benzene rings is 4. The zero-order valence-electron chi connectivity index (χ0n) is 19.8. The van der Waals surface area contributed by atoms with Crippen LogP contribution in [-0.2, 0) is 0 Å². The number of para-hydroxylation sites is 2. The molecule has 0 amide bonds. The van der Waals surface area contributed by atoms with E-state index in [1.54, 1.807) is 6.07 Å². The Kier molecular flexibility index (Phi) is 4.87. The third-order valence-electron chi connectivity index (χ3n) is 6.60. The molecule has 1 N–H and O–H groups in total. The molecule has 7 rings (SSSR count). The van der Waals surface area contributed by atoms with Crippen molar-refractivity contribution in [2.24, 2.45) is 0 Å². The first-order chi connectivity index (χ1) is 18.3. The lowest BCUT2D eigenvalue weighted by molar-refractivity contribution is 0.380. The van der Waals surface area contributed by atoms with Crippen molar-refractivity contribution in [2.75, 3.05) is 7.11 Å². The smallest absolute Gasteiger partial charge is 0.535 e. The molecule has 0 spiro atoms. The molecule has 177 valence electrons. The monoisotopic (exact) mass is 484 g/mol. The van der Waals surface area contributed by atoms with Crippen molar-refractivity contribution in [2.45, 2.75) is 0 Å². The van der Waals surface area contributed by atoms with Gasteiger partial charge in [-0.2, -0.15) is 0 Å². The molecule has 0 aliphatic carbocycles. The largest absolute Gasteiger partial charge is 0.569 e. The van der Waals surface area contributed by atoms with Gasteiger partial charge in [0.15, 0.2) is 11.2 Å². The van der Waals surface area contributed by atoms with Crippen molar-refractivity contribution in [3.63, 3.8) is 0 Å². The van der Waals surface area contributed by atoms with Crippen LogP contribution in [0.25, 0.3) is 61.1 Å². The second-order valence-corrected chi connectivity index (χ2v) is 8.58. The second kappa shape index (κ2) is 8.39. The Morgan fingerprint density at radius 1 is 0.757 bits per heavy atom. The number of rotatable bonds is 5. The lowest BCUT2D eigenvalue weighted by Crippen LogP contribution is -2.02. The van der Waals surface area contributed by atoms with Crippen molar-refractivity contribution >= 4 is 51.6 Å². The molecule has 0 unspecified atom stereocenters. The molecular formula is C29H19BN3O4.